The minimum atomic E-state index is -0.644. The van der Waals surface area contributed by atoms with E-state index in [4.69, 9.17) is 14.7 Å². The number of hydrogen-bond donors (Lipinski definition) is 0. The predicted molar refractivity (Wildman–Crippen MR) is 57.3 cm³/mol. The maximum Gasteiger partial charge on any atom is 0.185 e. The van der Waals surface area contributed by atoms with Gasteiger partial charge >= 0.3 is 0 Å². The lowest BCUT2D eigenvalue weighted by atomic mass is 10.1. The van der Waals surface area contributed by atoms with Crippen molar-refractivity contribution >= 4 is 0 Å². The fourth-order valence-electron chi connectivity index (χ4n) is 1.64. The summed E-state index contributed by atoms with van der Waals surface area (Å²) in [5.41, 5.74) is 0.298. The van der Waals surface area contributed by atoms with Crippen molar-refractivity contribution in [1.29, 1.82) is 5.26 Å². The molecule has 0 aromatic carbocycles. The van der Waals surface area contributed by atoms with Crippen molar-refractivity contribution in [3.05, 3.63) is 29.3 Å². The highest BCUT2D eigenvalue weighted by molar-refractivity contribution is 5.25. The highest BCUT2D eigenvalue weighted by Gasteiger charge is 2.23. The first-order chi connectivity index (χ1) is 8.24. The van der Waals surface area contributed by atoms with Gasteiger partial charge in [-0.05, 0) is 12.5 Å². The van der Waals surface area contributed by atoms with Gasteiger partial charge in [0.15, 0.2) is 17.8 Å². The Kier molecular flexibility index (Phi) is 3.67. The Labute approximate surface area is 99.0 Å². The highest BCUT2D eigenvalue weighted by atomic mass is 19.1. The van der Waals surface area contributed by atoms with E-state index < -0.39 is 12.1 Å². The van der Waals surface area contributed by atoms with Crippen LogP contribution in [-0.4, -0.2) is 18.2 Å². The summed E-state index contributed by atoms with van der Waals surface area (Å²) in [6.45, 7) is 3.27. The van der Waals surface area contributed by atoms with Crippen LogP contribution in [-0.2, 0) is 9.47 Å². The molecule has 0 bridgehead atoms. The molecule has 2 heterocycles. The second kappa shape index (κ2) is 5.21. The minimum Gasteiger partial charge on any atom is -0.348 e. The summed E-state index contributed by atoms with van der Waals surface area (Å²) in [4.78, 5) is 3.71. The van der Waals surface area contributed by atoms with Crippen LogP contribution in [0, 0.1) is 23.1 Å². The zero-order chi connectivity index (χ0) is 12.3. The van der Waals surface area contributed by atoms with E-state index in [0.29, 0.717) is 24.7 Å². The summed E-state index contributed by atoms with van der Waals surface area (Å²) in [5, 5.41) is 8.57. The van der Waals surface area contributed by atoms with Crippen LogP contribution in [0.2, 0.25) is 0 Å². The van der Waals surface area contributed by atoms with E-state index in [2.05, 4.69) is 11.9 Å². The molecule has 1 fully saturated rings. The summed E-state index contributed by atoms with van der Waals surface area (Å²) in [6.07, 6.45) is 1.83. The van der Waals surface area contributed by atoms with Gasteiger partial charge < -0.3 is 9.47 Å². The van der Waals surface area contributed by atoms with Gasteiger partial charge in [0.05, 0.1) is 13.2 Å². The Bertz CT molecular complexity index is 437. The topological polar surface area (TPSA) is 55.1 Å². The summed E-state index contributed by atoms with van der Waals surface area (Å²) in [7, 11) is 0. The monoisotopic (exact) mass is 236 g/mol. The van der Waals surface area contributed by atoms with Crippen LogP contribution in [0.5, 0.6) is 0 Å². The zero-order valence-electron chi connectivity index (χ0n) is 9.52. The normalized spacial score (nSPS) is 24.3. The first kappa shape index (κ1) is 12.0. The fraction of sp³-hybridized carbons (Fsp3) is 0.500. The molecule has 17 heavy (non-hydrogen) atoms. The molecule has 0 N–H and O–H groups in total. The molecule has 0 atom stereocenters. The van der Waals surface area contributed by atoms with Crippen molar-refractivity contribution in [2.75, 3.05) is 13.2 Å². The maximum atomic E-state index is 13.4. The molecule has 0 saturated carbocycles. The molecule has 0 unspecified atom stereocenters. The Morgan fingerprint density at radius 2 is 2.24 bits per heavy atom. The quantitative estimate of drug-likeness (QED) is 0.789. The molecule has 0 aliphatic carbocycles. The zero-order valence-corrected chi connectivity index (χ0v) is 9.52. The lowest BCUT2D eigenvalue weighted by Gasteiger charge is -2.28. The number of pyridine rings is 1. The Hall–Kier alpha value is -1.51. The third kappa shape index (κ3) is 2.60. The van der Waals surface area contributed by atoms with Gasteiger partial charge in [-0.15, -0.1) is 0 Å². The standard InChI is InChI=1S/C12H13FN2O2/c1-2-8-6-16-12(17-7-8)9-3-10(13)11(4-14)15-5-9/h3,5,8,12H,2,6-7H2,1H3. The minimum absolute atomic E-state index is 0.212. The van der Waals surface area contributed by atoms with Crippen molar-refractivity contribution in [1.82, 2.24) is 4.98 Å². The van der Waals surface area contributed by atoms with Gasteiger partial charge in [-0.2, -0.15) is 5.26 Å². The Morgan fingerprint density at radius 3 is 2.76 bits per heavy atom. The van der Waals surface area contributed by atoms with Crippen molar-refractivity contribution in [3.8, 4) is 6.07 Å². The number of nitrogens with zero attached hydrogens (tertiary/aromatic N) is 2. The van der Waals surface area contributed by atoms with Crippen molar-refractivity contribution in [2.24, 2.45) is 5.92 Å². The lowest BCUT2D eigenvalue weighted by Crippen LogP contribution is -2.26. The van der Waals surface area contributed by atoms with Crippen LogP contribution < -0.4 is 0 Å². The molecule has 1 aliphatic rings. The Balaban J connectivity index is 2.09. The van der Waals surface area contributed by atoms with E-state index >= 15 is 0 Å². The van der Waals surface area contributed by atoms with Gasteiger partial charge in [-0.1, -0.05) is 6.92 Å². The molecule has 90 valence electrons. The van der Waals surface area contributed by atoms with E-state index in [0.717, 1.165) is 6.42 Å². The van der Waals surface area contributed by atoms with Crippen LogP contribution >= 0.6 is 0 Å². The largest absolute Gasteiger partial charge is 0.348 e. The molecule has 0 radical (unpaired) electrons. The number of aromatic nitrogens is 1. The highest BCUT2D eigenvalue weighted by Crippen LogP contribution is 2.26. The van der Waals surface area contributed by atoms with Gasteiger partial charge in [-0.3, -0.25) is 0 Å². The molecule has 5 heteroatoms. The number of ether oxygens (including phenoxy) is 2. The van der Waals surface area contributed by atoms with Crippen LogP contribution in [0.1, 0.15) is 30.9 Å². The number of rotatable bonds is 2. The van der Waals surface area contributed by atoms with Crippen molar-refractivity contribution in [2.45, 2.75) is 19.6 Å². The molecule has 1 aromatic rings. The molecule has 1 aliphatic heterocycles. The van der Waals surface area contributed by atoms with Crippen LogP contribution in [0.4, 0.5) is 4.39 Å². The predicted octanol–water partition coefficient (Wildman–Crippen LogP) is 2.16. The molecule has 2 rings (SSSR count). The number of nitriles is 1. The summed E-state index contributed by atoms with van der Waals surface area (Å²) >= 11 is 0. The van der Waals surface area contributed by atoms with Crippen LogP contribution in [0.15, 0.2) is 12.3 Å². The molecular formula is C12H13FN2O2. The molecule has 4 nitrogen and oxygen atoms in total. The molecule has 0 amide bonds. The average molecular weight is 236 g/mol. The molecule has 1 saturated heterocycles. The van der Waals surface area contributed by atoms with Crippen molar-refractivity contribution < 1.29 is 13.9 Å². The molecule has 1 aromatic heterocycles. The number of halogens is 1. The second-order valence-electron chi connectivity index (χ2n) is 3.98. The van der Waals surface area contributed by atoms with E-state index in [1.165, 1.54) is 12.3 Å². The van der Waals surface area contributed by atoms with E-state index in [1.54, 1.807) is 6.07 Å². The van der Waals surface area contributed by atoms with Gasteiger partial charge in [0.2, 0.25) is 0 Å². The smallest absolute Gasteiger partial charge is 0.185 e. The van der Waals surface area contributed by atoms with E-state index in [9.17, 15) is 4.39 Å². The van der Waals surface area contributed by atoms with Gasteiger partial charge in [-0.25, -0.2) is 9.37 Å². The maximum absolute atomic E-state index is 13.4. The summed E-state index contributed by atoms with van der Waals surface area (Å²) in [5.74, 6) is -0.253. The van der Waals surface area contributed by atoms with E-state index in [1.807, 2.05) is 0 Å². The summed E-state index contributed by atoms with van der Waals surface area (Å²) in [6, 6.07) is 2.91. The Morgan fingerprint density at radius 1 is 1.53 bits per heavy atom. The van der Waals surface area contributed by atoms with Crippen molar-refractivity contribution in [3.63, 3.8) is 0 Å². The van der Waals surface area contributed by atoms with Crippen LogP contribution in [0.3, 0.4) is 0 Å². The van der Waals surface area contributed by atoms with E-state index in [-0.39, 0.29) is 5.69 Å². The first-order valence-corrected chi connectivity index (χ1v) is 5.53. The van der Waals surface area contributed by atoms with Gasteiger partial charge in [0.25, 0.3) is 0 Å². The third-order valence-corrected chi connectivity index (χ3v) is 2.78. The fourth-order valence-corrected chi connectivity index (χ4v) is 1.64. The summed E-state index contributed by atoms with van der Waals surface area (Å²) < 4.78 is 24.3. The molecule has 0 spiro atoms. The molecular weight excluding hydrogens is 223 g/mol. The van der Waals surface area contributed by atoms with Crippen LogP contribution in [0.25, 0.3) is 0 Å². The first-order valence-electron chi connectivity index (χ1n) is 5.53. The van der Waals surface area contributed by atoms with Gasteiger partial charge in [0, 0.05) is 17.7 Å². The van der Waals surface area contributed by atoms with Gasteiger partial charge in [0.1, 0.15) is 6.07 Å². The second-order valence-corrected chi connectivity index (χ2v) is 3.98. The number of hydrogen-bond acceptors (Lipinski definition) is 4. The SMILES string of the molecule is CCC1COC(c2cnc(C#N)c(F)c2)OC1. The average Bonchev–Trinajstić information content (AvgIpc) is 2.39. The lowest BCUT2D eigenvalue weighted by molar-refractivity contribution is -0.205. The third-order valence-electron chi connectivity index (χ3n) is 2.78.